The zero-order valence-electron chi connectivity index (χ0n) is 19.0. The van der Waals surface area contributed by atoms with E-state index in [0.29, 0.717) is 19.8 Å². The van der Waals surface area contributed by atoms with Crippen LogP contribution in [0.1, 0.15) is 96.8 Å². The summed E-state index contributed by atoms with van der Waals surface area (Å²) in [4.78, 5) is 10.8. The highest BCUT2D eigenvalue weighted by Gasteiger charge is 2.23. The fraction of sp³-hybridized carbons (Fsp3) is 0.957. The molecule has 0 aliphatic rings. The highest BCUT2D eigenvalue weighted by Crippen LogP contribution is 2.13. The number of carbonyl (C=O) groups is 1. The van der Waals surface area contributed by atoms with Gasteiger partial charge in [0.05, 0.1) is 20.7 Å². The number of carboxylic acid groups (broad SMARTS) is 1. The van der Waals surface area contributed by atoms with Crippen LogP contribution in [0.25, 0.3) is 0 Å². The Labute approximate surface area is 174 Å². The van der Waals surface area contributed by atoms with E-state index in [4.69, 9.17) is 9.84 Å². The number of nitrogens with zero attached hydrogens (tertiary/aromatic N) is 1. The van der Waals surface area contributed by atoms with Gasteiger partial charge in [-0.25, -0.2) is 4.79 Å². The average Bonchev–Trinajstić information content (AvgIpc) is 2.59. The van der Waals surface area contributed by atoms with Crippen molar-refractivity contribution < 1.29 is 24.2 Å². The number of aliphatic carboxylic acids is 1. The summed E-state index contributed by atoms with van der Waals surface area (Å²) in [5, 5.41) is 18.8. The Kier molecular flexibility index (Phi) is 18.0. The van der Waals surface area contributed by atoms with Crippen LogP contribution in [0.5, 0.6) is 0 Å². The number of quaternary nitrogens is 1. The number of aliphatic hydroxyl groups excluding tert-OH is 1. The second-order valence-corrected chi connectivity index (χ2v) is 9.00. The number of hydrogen-bond donors (Lipinski definition) is 2. The highest BCUT2D eigenvalue weighted by atomic mass is 16.5. The molecule has 0 aliphatic carbocycles. The Morgan fingerprint density at radius 1 is 0.821 bits per heavy atom. The van der Waals surface area contributed by atoms with Crippen LogP contribution in [0.2, 0.25) is 0 Å². The van der Waals surface area contributed by atoms with E-state index in [2.05, 4.69) is 6.92 Å². The molecule has 5 nitrogen and oxygen atoms in total. The molecule has 0 aliphatic heterocycles. The average molecular weight is 403 g/mol. The van der Waals surface area contributed by atoms with E-state index in [0.717, 1.165) is 6.42 Å². The lowest BCUT2D eigenvalue weighted by molar-refractivity contribution is -0.886. The second kappa shape index (κ2) is 18.4. The molecule has 5 heteroatoms. The topological polar surface area (TPSA) is 66.8 Å². The largest absolute Gasteiger partial charge is 0.477 e. The van der Waals surface area contributed by atoms with Gasteiger partial charge in [0.1, 0.15) is 12.6 Å². The van der Waals surface area contributed by atoms with Crippen LogP contribution >= 0.6 is 0 Å². The number of aliphatic hydroxyl groups is 1. The minimum atomic E-state index is -0.847. The number of rotatable bonds is 21. The van der Waals surface area contributed by atoms with Crippen LogP contribution in [0.4, 0.5) is 0 Å². The van der Waals surface area contributed by atoms with Gasteiger partial charge in [-0.1, -0.05) is 90.4 Å². The predicted octanol–water partition coefficient (Wildman–Crippen LogP) is 5.01. The molecule has 0 heterocycles. The van der Waals surface area contributed by atoms with E-state index >= 15 is 0 Å². The Bertz CT molecular complexity index is 361. The number of unbranched alkanes of at least 4 members (excludes halogenated alkanes) is 13. The van der Waals surface area contributed by atoms with Gasteiger partial charge in [0.2, 0.25) is 0 Å². The molecule has 2 N–H and O–H groups in total. The lowest BCUT2D eigenvalue weighted by Gasteiger charge is -2.29. The normalized spacial score (nSPS) is 13.0. The fourth-order valence-electron chi connectivity index (χ4n) is 3.67. The quantitative estimate of drug-likeness (QED) is 0.209. The van der Waals surface area contributed by atoms with Crippen LogP contribution < -0.4 is 0 Å². The van der Waals surface area contributed by atoms with Gasteiger partial charge in [0.25, 0.3) is 0 Å². The molecular formula is C23H48NO4+. The zero-order valence-corrected chi connectivity index (χ0v) is 19.0. The van der Waals surface area contributed by atoms with Crippen LogP contribution in [0.15, 0.2) is 0 Å². The third kappa shape index (κ3) is 20.1. The van der Waals surface area contributed by atoms with Crippen molar-refractivity contribution in [2.45, 2.75) is 103 Å². The summed E-state index contributed by atoms with van der Waals surface area (Å²) >= 11 is 0. The van der Waals surface area contributed by atoms with Gasteiger partial charge in [-0.2, -0.15) is 0 Å². The number of ether oxygens (including phenoxy) is 1. The molecule has 0 saturated heterocycles. The molecule has 0 bridgehead atoms. The molecule has 0 saturated carbocycles. The number of likely N-dealkylation sites (N-methyl/N-ethyl adjacent to an activating group) is 1. The summed E-state index contributed by atoms with van der Waals surface area (Å²) in [7, 11) is 3.62. The van der Waals surface area contributed by atoms with Gasteiger partial charge in [-0.3, -0.25) is 0 Å². The zero-order chi connectivity index (χ0) is 21.1. The molecule has 0 fully saturated rings. The molecule has 0 aromatic carbocycles. The lowest BCUT2D eigenvalue weighted by Crippen LogP contribution is -2.49. The van der Waals surface area contributed by atoms with E-state index in [-0.39, 0.29) is 11.0 Å². The molecule has 0 rings (SSSR count). The van der Waals surface area contributed by atoms with E-state index in [9.17, 15) is 9.90 Å². The molecule has 28 heavy (non-hydrogen) atoms. The molecule has 1 atom stereocenters. The monoisotopic (exact) mass is 402 g/mol. The van der Waals surface area contributed by atoms with Gasteiger partial charge in [-0.15, -0.1) is 0 Å². The standard InChI is InChI=1S/C23H47NO4/c1-4-5-6-7-8-9-10-11-12-13-14-15-16-17-18-28-21-22(25)19-24(2,3)20-23(26)27/h22,25H,4-21H2,1-3H3/p+1. The first-order valence-electron chi connectivity index (χ1n) is 11.7. The third-order valence-electron chi connectivity index (χ3n) is 5.22. The first kappa shape index (κ1) is 27.4. The summed E-state index contributed by atoms with van der Waals surface area (Å²) in [5.74, 6) is -0.847. The van der Waals surface area contributed by atoms with Gasteiger partial charge < -0.3 is 19.4 Å². The molecule has 0 spiro atoms. The lowest BCUT2D eigenvalue weighted by atomic mass is 10.0. The minimum absolute atomic E-state index is 0.00994. The van der Waals surface area contributed by atoms with E-state index in [1.165, 1.54) is 83.5 Å². The Morgan fingerprint density at radius 2 is 1.25 bits per heavy atom. The molecule has 0 aromatic rings. The van der Waals surface area contributed by atoms with Gasteiger partial charge in [0, 0.05) is 6.61 Å². The smallest absolute Gasteiger partial charge is 0.359 e. The molecule has 0 amide bonds. The predicted molar refractivity (Wildman–Crippen MR) is 117 cm³/mol. The van der Waals surface area contributed by atoms with Crippen molar-refractivity contribution in [2.24, 2.45) is 0 Å². The second-order valence-electron chi connectivity index (χ2n) is 9.00. The molecule has 0 radical (unpaired) electrons. The van der Waals surface area contributed by atoms with Gasteiger partial charge in [-0.05, 0) is 6.42 Å². The SMILES string of the molecule is CCCCCCCCCCCCCCCCOCC(O)C[N+](C)(C)CC(=O)O. The third-order valence-corrected chi connectivity index (χ3v) is 5.22. The number of carboxylic acids is 1. The maximum absolute atomic E-state index is 10.8. The van der Waals surface area contributed by atoms with Gasteiger partial charge in [0.15, 0.2) is 6.54 Å². The van der Waals surface area contributed by atoms with E-state index in [1.807, 2.05) is 14.1 Å². The summed E-state index contributed by atoms with van der Waals surface area (Å²) in [5.41, 5.74) is 0. The molecule has 168 valence electrons. The number of hydrogen-bond acceptors (Lipinski definition) is 3. The Hall–Kier alpha value is -0.650. The van der Waals surface area contributed by atoms with Crippen molar-refractivity contribution in [3.05, 3.63) is 0 Å². The van der Waals surface area contributed by atoms with Gasteiger partial charge >= 0.3 is 5.97 Å². The summed E-state index contributed by atoms with van der Waals surface area (Å²) in [6, 6.07) is 0. The Morgan fingerprint density at radius 3 is 1.68 bits per heavy atom. The fourth-order valence-corrected chi connectivity index (χ4v) is 3.67. The first-order valence-corrected chi connectivity index (χ1v) is 11.7. The van der Waals surface area contributed by atoms with E-state index in [1.54, 1.807) is 0 Å². The van der Waals surface area contributed by atoms with E-state index < -0.39 is 12.1 Å². The van der Waals surface area contributed by atoms with Crippen molar-refractivity contribution >= 4 is 5.97 Å². The molecular weight excluding hydrogens is 354 g/mol. The summed E-state index contributed by atoms with van der Waals surface area (Å²) < 4.78 is 5.81. The maximum atomic E-state index is 10.8. The Balaban J connectivity index is 3.30. The van der Waals surface area contributed by atoms with Crippen LogP contribution in [-0.2, 0) is 9.53 Å². The van der Waals surface area contributed by atoms with Crippen molar-refractivity contribution in [1.29, 1.82) is 0 Å². The van der Waals surface area contributed by atoms with Crippen molar-refractivity contribution in [3.63, 3.8) is 0 Å². The van der Waals surface area contributed by atoms with Crippen molar-refractivity contribution in [2.75, 3.05) is 40.4 Å². The summed E-state index contributed by atoms with van der Waals surface area (Å²) in [6.07, 6.45) is 18.1. The molecule has 0 aromatic heterocycles. The molecule has 1 unspecified atom stereocenters. The van der Waals surface area contributed by atoms with Crippen LogP contribution in [-0.4, -0.2) is 67.2 Å². The highest BCUT2D eigenvalue weighted by molar-refractivity contribution is 5.67. The maximum Gasteiger partial charge on any atom is 0.359 e. The van der Waals surface area contributed by atoms with Crippen LogP contribution in [0.3, 0.4) is 0 Å². The van der Waals surface area contributed by atoms with Crippen molar-refractivity contribution in [1.82, 2.24) is 0 Å². The first-order chi connectivity index (χ1) is 13.4. The van der Waals surface area contributed by atoms with Crippen molar-refractivity contribution in [3.8, 4) is 0 Å². The minimum Gasteiger partial charge on any atom is -0.477 e. The van der Waals surface area contributed by atoms with Crippen LogP contribution in [0, 0.1) is 0 Å². The summed E-state index contributed by atoms with van der Waals surface area (Å²) in [6.45, 7) is 3.65.